The van der Waals surface area contributed by atoms with Gasteiger partial charge in [0.2, 0.25) is 0 Å². The molecule has 5 rings (SSSR count). The van der Waals surface area contributed by atoms with E-state index in [0.717, 1.165) is 42.1 Å². The van der Waals surface area contributed by atoms with E-state index in [-0.39, 0.29) is 11.7 Å². The number of hydrogen-bond donors (Lipinski definition) is 2. The summed E-state index contributed by atoms with van der Waals surface area (Å²) in [6.07, 6.45) is -0.602. The Kier molecular flexibility index (Phi) is 9.71. The summed E-state index contributed by atoms with van der Waals surface area (Å²) in [6, 6.07) is 20.8. The number of ether oxygens (including phenoxy) is 1. The second kappa shape index (κ2) is 13.7. The number of nitrogens with one attached hydrogen (secondary N) is 2. The second-order valence-corrected chi connectivity index (χ2v) is 12.3. The Labute approximate surface area is 266 Å². The second-order valence-electron chi connectivity index (χ2n) is 12.3. The summed E-state index contributed by atoms with van der Waals surface area (Å²) < 4.78 is 45.0. The zero-order chi connectivity index (χ0) is 32.9. The van der Waals surface area contributed by atoms with Gasteiger partial charge in [-0.25, -0.2) is 4.79 Å². The number of amides is 2. The molecule has 2 aromatic carbocycles. The van der Waals surface area contributed by atoms with Crippen molar-refractivity contribution in [3.8, 4) is 22.3 Å². The molecule has 4 aromatic rings. The number of halogens is 3. The minimum Gasteiger partial charge on any atom is -0.444 e. The predicted molar refractivity (Wildman–Crippen MR) is 170 cm³/mol. The zero-order valence-corrected chi connectivity index (χ0v) is 25.9. The van der Waals surface area contributed by atoms with E-state index in [2.05, 4.69) is 25.5 Å². The molecule has 11 heteroatoms. The van der Waals surface area contributed by atoms with E-state index in [9.17, 15) is 22.8 Å². The molecule has 1 fully saturated rings. The predicted octanol–water partition coefficient (Wildman–Crippen LogP) is 7.57. The molecule has 0 unspecified atom stereocenters. The molecular weight excluding hydrogens is 595 g/mol. The van der Waals surface area contributed by atoms with Crippen molar-refractivity contribution in [3.05, 3.63) is 102 Å². The smallest absolute Gasteiger partial charge is 0.433 e. The third-order valence-electron chi connectivity index (χ3n) is 7.37. The van der Waals surface area contributed by atoms with Crippen LogP contribution >= 0.6 is 0 Å². The molecule has 1 aliphatic rings. The number of piperidine rings is 1. The first-order chi connectivity index (χ1) is 21.8. The Morgan fingerprint density at radius 2 is 1.70 bits per heavy atom. The number of hydrogen-bond acceptors (Lipinski definition) is 6. The number of benzene rings is 2. The van der Waals surface area contributed by atoms with Crippen LogP contribution in [0.2, 0.25) is 0 Å². The van der Waals surface area contributed by atoms with Crippen LogP contribution in [0.5, 0.6) is 0 Å². The Morgan fingerprint density at radius 3 is 2.39 bits per heavy atom. The van der Waals surface area contributed by atoms with Crippen molar-refractivity contribution in [3.63, 3.8) is 0 Å². The summed E-state index contributed by atoms with van der Waals surface area (Å²) in [5, 5.41) is 5.87. The topological polar surface area (TPSA) is 96.5 Å². The van der Waals surface area contributed by atoms with Gasteiger partial charge in [-0.1, -0.05) is 36.4 Å². The van der Waals surface area contributed by atoms with Crippen LogP contribution in [-0.2, 0) is 17.5 Å². The van der Waals surface area contributed by atoms with Gasteiger partial charge in [-0.3, -0.25) is 19.7 Å². The molecular formula is C35H36F3N5O3. The first-order valence-electron chi connectivity index (χ1n) is 15.0. The Bertz CT molecular complexity index is 1670. The fourth-order valence-corrected chi connectivity index (χ4v) is 5.36. The summed E-state index contributed by atoms with van der Waals surface area (Å²) in [7, 11) is 0. The summed E-state index contributed by atoms with van der Waals surface area (Å²) in [5.74, 6) is -0.425. The Morgan fingerprint density at radius 1 is 0.913 bits per heavy atom. The van der Waals surface area contributed by atoms with Crippen molar-refractivity contribution in [1.82, 2.24) is 20.2 Å². The molecule has 0 aliphatic carbocycles. The van der Waals surface area contributed by atoms with Gasteiger partial charge in [0, 0.05) is 42.8 Å². The van der Waals surface area contributed by atoms with Crippen LogP contribution in [0.4, 0.5) is 23.7 Å². The maximum atomic E-state index is 13.4. The number of carbonyl (C=O) groups is 2. The van der Waals surface area contributed by atoms with Crippen LogP contribution in [0.15, 0.2) is 85.2 Å². The molecule has 8 nitrogen and oxygen atoms in total. The number of likely N-dealkylation sites (tertiary alicyclic amines) is 1. The summed E-state index contributed by atoms with van der Waals surface area (Å²) in [5.41, 5.74) is 2.77. The van der Waals surface area contributed by atoms with E-state index in [1.54, 1.807) is 18.3 Å². The number of alkyl carbamates (subject to hydrolysis) is 1. The largest absolute Gasteiger partial charge is 0.444 e. The van der Waals surface area contributed by atoms with Crippen molar-refractivity contribution < 1.29 is 27.5 Å². The minimum atomic E-state index is -4.56. The lowest BCUT2D eigenvalue weighted by atomic mass is 10.0. The highest BCUT2D eigenvalue weighted by Gasteiger charge is 2.32. The number of carbonyl (C=O) groups excluding carboxylic acids is 2. The highest BCUT2D eigenvalue weighted by atomic mass is 19.4. The third kappa shape index (κ3) is 8.91. The molecule has 0 saturated carbocycles. The molecule has 0 spiro atoms. The zero-order valence-electron chi connectivity index (χ0n) is 25.9. The number of nitrogens with zero attached hydrogens (tertiary/aromatic N) is 3. The third-order valence-corrected chi connectivity index (χ3v) is 7.37. The SMILES string of the molecule is CC(C)(C)OC(=O)N[C@H]1CCCN(Cc2cc(NC(=O)c3cc(-c4ccccc4)ccn3)cc(-c3ccc(C(F)(F)F)nc3)c2)C1. The molecule has 0 bridgehead atoms. The Hall–Kier alpha value is -4.77. The van der Waals surface area contributed by atoms with Crippen molar-refractivity contribution >= 4 is 17.7 Å². The van der Waals surface area contributed by atoms with E-state index in [1.165, 1.54) is 12.3 Å². The molecule has 240 valence electrons. The quantitative estimate of drug-likeness (QED) is 0.218. The number of aromatic nitrogens is 2. The lowest BCUT2D eigenvalue weighted by molar-refractivity contribution is -0.141. The first-order valence-corrected chi connectivity index (χ1v) is 15.0. The fraction of sp³-hybridized carbons (Fsp3) is 0.314. The summed E-state index contributed by atoms with van der Waals surface area (Å²) >= 11 is 0. The minimum absolute atomic E-state index is 0.104. The maximum Gasteiger partial charge on any atom is 0.433 e. The van der Waals surface area contributed by atoms with E-state index < -0.39 is 29.5 Å². The fourth-order valence-electron chi connectivity index (χ4n) is 5.36. The van der Waals surface area contributed by atoms with Crippen LogP contribution < -0.4 is 10.6 Å². The highest BCUT2D eigenvalue weighted by Crippen LogP contribution is 2.31. The van der Waals surface area contributed by atoms with Crippen LogP contribution in [0, 0.1) is 0 Å². The standard InChI is InChI=1S/C35H36F3N5O3/c1-34(2,3)46-33(45)42-28-10-7-15-43(22-28)21-23-16-27(26-11-12-31(40-20-26)35(36,37)38)18-29(17-23)41-32(44)30-19-25(13-14-39-30)24-8-5-4-6-9-24/h4-6,8-9,11-14,16-20,28H,7,10,15,21-22H2,1-3H3,(H,41,44)(H,42,45)/t28-/m0/s1. The van der Waals surface area contributed by atoms with Crippen LogP contribution in [-0.4, -0.2) is 51.6 Å². The Balaban J connectivity index is 1.39. The van der Waals surface area contributed by atoms with Gasteiger partial charge in [0.25, 0.3) is 5.91 Å². The molecule has 2 N–H and O–H groups in total. The van der Waals surface area contributed by atoms with Crippen molar-refractivity contribution in [1.29, 1.82) is 0 Å². The number of rotatable bonds is 7. The van der Waals surface area contributed by atoms with Gasteiger partial charge in [-0.2, -0.15) is 13.2 Å². The maximum absolute atomic E-state index is 13.4. The summed E-state index contributed by atoms with van der Waals surface area (Å²) in [4.78, 5) is 35.8. The lowest BCUT2D eigenvalue weighted by Gasteiger charge is -2.33. The van der Waals surface area contributed by atoms with Gasteiger partial charge in [0.1, 0.15) is 17.0 Å². The van der Waals surface area contributed by atoms with Crippen LogP contribution in [0.1, 0.15) is 55.4 Å². The normalized spacial score (nSPS) is 15.7. The molecule has 1 aliphatic heterocycles. The molecule has 2 amide bonds. The van der Waals surface area contributed by atoms with Gasteiger partial charge in [0.05, 0.1) is 0 Å². The highest BCUT2D eigenvalue weighted by molar-refractivity contribution is 6.03. The lowest BCUT2D eigenvalue weighted by Crippen LogP contribution is -2.48. The number of pyridine rings is 2. The van der Waals surface area contributed by atoms with E-state index in [0.29, 0.717) is 29.9 Å². The average Bonchev–Trinajstić information content (AvgIpc) is 3.00. The average molecular weight is 632 g/mol. The molecule has 0 radical (unpaired) electrons. The van der Waals surface area contributed by atoms with Crippen LogP contribution in [0.25, 0.3) is 22.3 Å². The molecule has 3 heterocycles. The summed E-state index contributed by atoms with van der Waals surface area (Å²) in [6.45, 7) is 7.29. The monoisotopic (exact) mass is 631 g/mol. The van der Waals surface area contributed by atoms with Gasteiger partial charge < -0.3 is 15.4 Å². The van der Waals surface area contributed by atoms with Gasteiger partial charge in [-0.05, 0) is 98.8 Å². The molecule has 46 heavy (non-hydrogen) atoms. The first kappa shape index (κ1) is 32.6. The van der Waals surface area contributed by atoms with Gasteiger partial charge in [-0.15, -0.1) is 0 Å². The van der Waals surface area contributed by atoms with Crippen molar-refractivity contribution in [2.75, 3.05) is 18.4 Å². The number of alkyl halides is 3. The van der Waals surface area contributed by atoms with Gasteiger partial charge >= 0.3 is 12.3 Å². The van der Waals surface area contributed by atoms with Crippen molar-refractivity contribution in [2.24, 2.45) is 0 Å². The number of anilines is 1. The molecule has 1 atom stereocenters. The van der Waals surface area contributed by atoms with E-state index >= 15 is 0 Å². The van der Waals surface area contributed by atoms with Crippen LogP contribution in [0.3, 0.4) is 0 Å². The van der Waals surface area contributed by atoms with E-state index in [4.69, 9.17) is 4.74 Å². The molecule has 1 saturated heterocycles. The van der Waals surface area contributed by atoms with Crippen molar-refractivity contribution in [2.45, 2.75) is 58.0 Å². The van der Waals surface area contributed by atoms with E-state index in [1.807, 2.05) is 69.3 Å². The van der Waals surface area contributed by atoms with Gasteiger partial charge in [0.15, 0.2) is 0 Å². The molecule has 2 aromatic heterocycles.